The van der Waals surface area contributed by atoms with Crippen molar-refractivity contribution in [2.75, 3.05) is 14.2 Å². The topological polar surface area (TPSA) is 62.3 Å². The number of aromatic nitrogens is 2. The quantitative estimate of drug-likeness (QED) is 0.831. The fourth-order valence-electron chi connectivity index (χ4n) is 2.58. The van der Waals surface area contributed by atoms with Gasteiger partial charge < -0.3 is 19.8 Å². The highest BCUT2D eigenvalue weighted by Crippen LogP contribution is 2.42. The number of rotatable bonds is 6. The first-order chi connectivity index (χ1) is 10.1. The predicted molar refractivity (Wildman–Crippen MR) is 86.2 cm³/mol. The van der Waals surface area contributed by atoms with Gasteiger partial charge >= 0.3 is 0 Å². The largest absolute Gasteiger partial charge is 0.493 e. The summed E-state index contributed by atoms with van der Waals surface area (Å²) in [6.07, 6.45) is 3.07. The highest BCUT2D eigenvalue weighted by Gasteiger charge is 2.30. The summed E-state index contributed by atoms with van der Waals surface area (Å²) in [5.74, 6) is 3.09. The molecule has 5 nitrogen and oxygen atoms in total. The fraction of sp³-hybridized carbons (Fsp3) is 0.467. The molecule has 2 aromatic rings. The van der Waals surface area contributed by atoms with Crippen LogP contribution in [0.3, 0.4) is 0 Å². The number of ether oxygens (including phenoxy) is 2. The number of nitrogens with two attached hydrogens (primary N) is 1. The van der Waals surface area contributed by atoms with Crippen molar-refractivity contribution in [2.45, 2.75) is 31.7 Å². The van der Waals surface area contributed by atoms with Gasteiger partial charge in [-0.3, -0.25) is 0 Å². The standard InChI is InChI=1S/C15H19N3O2S/c1-19-12-7-10-11(8-13(12)20-2)18(6-5-14(16)21)15(17-10)9-3-4-9/h7-9H,3-6H2,1-2H3,(H2,16,21). The van der Waals surface area contributed by atoms with Crippen molar-refractivity contribution >= 4 is 28.2 Å². The molecule has 21 heavy (non-hydrogen) atoms. The van der Waals surface area contributed by atoms with Crippen LogP contribution in [0.1, 0.15) is 31.0 Å². The number of imidazole rings is 1. The average Bonchev–Trinajstić information content (AvgIpc) is 3.25. The molecule has 1 aromatic heterocycles. The lowest BCUT2D eigenvalue weighted by Gasteiger charge is -2.10. The van der Waals surface area contributed by atoms with Gasteiger partial charge in [-0.15, -0.1) is 0 Å². The van der Waals surface area contributed by atoms with Gasteiger partial charge in [0, 0.05) is 31.0 Å². The summed E-state index contributed by atoms with van der Waals surface area (Å²) < 4.78 is 13.0. The number of aryl methyl sites for hydroxylation is 1. The van der Waals surface area contributed by atoms with E-state index in [1.54, 1.807) is 14.2 Å². The maximum absolute atomic E-state index is 5.65. The van der Waals surface area contributed by atoms with E-state index >= 15 is 0 Å². The van der Waals surface area contributed by atoms with Crippen LogP contribution in [0.5, 0.6) is 11.5 Å². The maximum atomic E-state index is 5.65. The van der Waals surface area contributed by atoms with Crippen LogP contribution in [0.25, 0.3) is 11.0 Å². The van der Waals surface area contributed by atoms with Gasteiger partial charge in [0.1, 0.15) is 5.82 Å². The van der Waals surface area contributed by atoms with E-state index in [-0.39, 0.29) is 0 Å². The molecular formula is C15H19N3O2S. The zero-order chi connectivity index (χ0) is 15.0. The van der Waals surface area contributed by atoms with Gasteiger partial charge in [-0.25, -0.2) is 4.98 Å². The van der Waals surface area contributed by atoms with E-state index < -0.39 is 0 Å². The first-order valence-electron chi connectivity index (χ1n) is 7.04. The van der Waals surface area contributed by atoms with Crippen molar-refractivity contribution < 1.29 is 9.47 Å². The Morgan fingerprint density at radius 1 is 1.33 bits per heavy atom. The molecule has 0 amide bonds. The molecule has 1 aromatic carbocycles. The molecular weight excluding hydrogens is 286 g/mol. The van der Waals surface area contributed by atoms with Crippen LogP contribution in [0.4, 0.5) is 0 Å². The first kappa shape index (κ1) is 14.1. The van der Waals surface area contributed by atoms with Crippen molar-refractivity contribution in [3.63, 3.8) is 0 Å². The van der Waals surface area contributed by atoms with Crippen LogP contribution >= 0.6 is 12.2 Å². The lowest BCUT2D eigenvalue weighted by atomic mass is 10.2. The van der Waals surface area contributed by atoms with E-state index in [0.717, 1.165) is 23.4 Å². The maximum Gasteiger partial charge on any atom is 0.163 e. The van der Waals surface area contributed by atoms with E-state index in [9.17, 15) is 0 Å². The Morgan fingerprint density at radius 2 is 2.00 bits per heavy atom. The van der Waals surface area contributed by atoms with Gasteiger partial charge in [0.2, 0.25) is 0 Å². The van der Waals surface area contributed by atoms with E-state index in [2.05, 4.69) is 4.57 Å². The van der Waals surface area contributed by atoms with Gasteiger partial charge in [-0.2, -0.15) is 0 Å². The third-order valence-corrected chi connectivity index (χ3v) is 4.01. The van der Waals surface area contributed by atoms with E-state index in [1.807, 2.05) is 12.1 Å². The molecule has 6 heteroatoms. The van der Waals surface area contributed by atoms with Crippen molar-refractivity contribution in [3.8, 4) is 11.5 Å². The molecule has 0 aliphatic heterocycles. The number of nitrogens with zero attached hydrogens (tertiary/aromatic N) is 2. The van der Waals surface area contributed by atoms with Crippen LogP contribution in [0.2, 0.25) is 0 Å². The molecule has 0 atom stereocenters. The van der Waals surface area contributed by atoms with Crippen LogP contribution in [0.15, 0.2) is 12.1 Å². The predicted octanol–water partition coefficient (Wildman–Crippen LogP) is 2.61. The number of methoxy groups -OCH3 is 2. The Bertz CT molecular complexity index is 692. The second kappa shape index (κ2) is 5.52. The van der Waals surface area contributed by atoms with Crippen LogP contribution in [-0.2, 0) is 6.54 Å². The van der Waals surface area contributed by atoms with Crippen molar-refractivity contribution in [1.29, 1.82) is 0 Å². The van der Waals surface area contributed by atoms with Crippen molar-refractivity contribution in [3.05, 3.63) is 18.0 Å². The van der Waals surface area contributed by atoms with E-state index in [1.165, 1.54) is 12.8 Å². The molecule has 0 radical (unpaired) electrons. The lowest BCUT2D eigenvalue weighted by Crippen LogP contribution is -2.13. The van der Waals surface area contributed by atoms with Crippen molar-refractivity contribution in [1.82, 2.24) is 9.55 Å². The molecule has 1 saturated carbocycles. The van der Waals surface area contributed by atoms with Crippen LogP contribution in [-0.4, -0.2) is 28.8 Å². The number of hydrogen-bond acceptors (Lipinski definition) is 4. The number of benzene rings is 1. The Morgan fingerprint density at radius 3 is 2.57 bits per heavy atom. The number of hydrogen-bond donors (Lipinski definition) is 1. The van der Waals surface area contributed by atoms with Crippen molar-refractivity contribution in [2.24, 2.45) is 5.73 Å². The summed E-state index contributed by atoms with van der Waals surface area (Å²) >= 11 is 5.00. The zero-order valence-electron chi connectivity index (χ0n) is 12.3. The lowest BCUT2D eigenvalue weighted by molar-refractivity contribution is 0.355. The molecule has 3 rings (SSSR count). The molecule has 112 valence electrons. The van der Waals surface area contributed by atoms with E-state index in [0.29, 0.717) is 28.8 Å². The normalized spacial score (nSPS) is 14.4. The number of fused-ring (bicyclic) bond motifs is 1. The minimum Gasteiger partial charge on any atom is -0.493 e. The highest BCUT2D eigenvalue weighted by atomic mass is 32.1. The Labute approximate surface area is 129 Å². The van der Waals surface area contributed by atoms with Gasteiger partial charge in [-0.1, -0.05) is 12.2 Å². The second-order valence-corrected chi connectivity index (χ2v) is 5.83. The monoisotopic (exact) mass is 305 g/mol. The summed E-state index contributed by atoms with van der Waals surface area (Å²) in [6.45, 7) is 0.757. The molecule has 0 saturated heterocycles. The Kier molecular flexibility index (Phi) is 3.71. The summed E-state index contributed by atoms with van der Waals surface area (Å²) in [5, 5.41) is 0. The smallest absolute Gasteiger partial charge is 0.163 e. The molecule has 2 N–H and O–H groups in total. The summed E-state index contributed by atoms with van der Waals surface area (Å²) in [4.78, 5) is 5.31. The highest BCUT2D eigenvalue weighted by molar-refractivity contribution is 7.80. The molecule has 0 spiro atoms. The Balaban J connectivity index is 2.11. The average molecular weight is 305 g/mol. The SMILES string of the molecule is COc1cc2nc(C3CC3)n(CCC(N)=S)c2cc1OC. The Hall–Kier alpha value is -1.82. The minimum atomic E-state index is 0.527. The van der Waals surface area contributed by atoms with Crippen LogP contribution < -0.4 is 15.2 Å². The summed E-state index contributed by atoms with van der Waals surface area (Å²) in [5.41, 5.74) is 7.62. The van der Waals surface area contributed by atoms with Gasteiger partial charge in [-0.05, 0) is 12.8 Å². The van der Waals surface area contributed by atoms with Gasteiger partial charge in [0.25, 0.3) is 0 Å². The van der Waals surface area contributed by atoms with Crippen LogP contribution in [0, 0.1) is 0 Å². The molecule has 1 aliphatic carbocycles. The molecule has 1 aliphatic rings. The second-order valence-electron chi connectivity index (χ2n) is 5.31. The number of thiocarbonyl (C=S) groups is 1. The van der Waals surface area contributed by atoms with Gasteiger partial charge in [0.05, 0.1) is 30.2 Å². The zero-order valence-corrected chi connectivity index (χ0v) is 13.1. The third kappa shape index (κ3) is 2.68. The summed E-state index contributed by atoms with van der Waals surface area (Å²) in [6, 6.07) is 3.91. The van der Waals surface area contributed by atoms with E-state index in [4.69, 9.17) is 32.4 Å². The fourth-order valence-corrected chi connectivity index (χ4v) is 2.67. The molecule has 0 bridgehead atoms. The molecule has 1 fully saturated rings. The molecule has 1 heterocycles. The van der Waals surface area contributed by atoms with Gasteiger partial charge in [0.15, 0.2) is 11.5 Å². The third-order valence-electron chi connectivity index (χ3n) is 3.81. The molecule has 0 unspecified atom stereocenters. The summed E-state index contributed by atoms with van der Waals surface area (Å²) in [7, 11) is 3.27. The first-order valence-corrected chi connectivity index (χ1v) is 7.45. The minimum absolute atomic E-state index is 0.527.